The fourth-order valence-electron chi connectivity index (χ4n) is 1.98. The summed E-state index contributed by atoms with van der Waals surface area (Å²) in [6.45, 7) is 4.18. The standard InChI is InChI=1S/C14H14N4S/c1-8-4-3-5-11(9(8)2)16-12-10-6-7-19-13(10)18-14(15)17-12/h3-7H,1-2H3,(H3,15,16,17,18). The van der Waals surface area contributed by atoms with Crippen LogP contribution in [0.1, 0.15) is 11.1 Å². The maximum atomic E-state index is 5.75. The molecule has 3 aromatic rings. The smallest absolute Gasteiger partial charge is 0.223 e. The van der Waals surface area contributed by atoms with E-state index in [1.807, 2.05) is 23.6 Å². The SMILES string of the molecule is Cc1cccc(Nc2nc(N)nc3sccc23)c1C. The Balaban J connectivity index is 2.10. The van der Waals surface area contributed by atoms with Crippen molar-refractivity contribution in [2.24, 2.45) is 0 Å². The Kier molecular flexibility index (Phi) is 2.83. The Hall–Kier alpha value is -2.14. The summed E-state index contributed by atoms with van der Waals surface area (Å²) in [4.78, 5) is 9.43. The van der Waals surface area contributed by atoms with Crippen molar-refractivity contribution in [3.05, 3.63) is 40.8 Å². The van der Waals surface area contributed by atoms with E-state index in [0.29, 0.717) is 5.95 Å². The second-order valence-corrected chi connectivity index (χ2v) is 5.34. The lowest BCUT2D eigenvalue weighted by atomic mass is 10.1. The molecule has 0 unspecified atom stereocenters. The van der Waals surface area contributed by atoms with Gasteiger partial charge in [-0.15, -0.1) is 11.3 Å². The summed E-state index contributed by atoms with van der Waals surface area (Å²) >= 11 is 1.56. The number of hydrogen-bond donors (Lipinski definition) is 2. The zero-order chi connectivity index (χ0) is 13.4. The van der Waals surface area contributed by atoms with E-state index in [1.54, 1.807) is 11.3 Å². The van der Waals surface area contributed by atoms with Gasteiger partial charge in [0.05, 0.1) is 5.39 Å². The average molecular weight is 270 g/mol. The van der Waals surface area contributed by atoms with Gasteiger partial charge < -0.3 is 11.1 Å². The molecule has 0 spiro atoms. The van der Waals surface area contributed by atoms with E-state index >= 15 is 0 Å². The van der Waals surface area contributed by atoms with Crippen molar-refractivity contribution in [1.29, 1.82) is 0 Å². The van der Waals surface area contributed by atoms with E-state index < -0.39 is 0 Å². The summed E-state index contributed by atoms with van der Waals surface area (Å²) in [5, 5.41) is 6.35. The first kappa shape index (κ1) is 11.9. The normalized spacial score (nSPS) is 10.8. The van der Waals surface area contributed by atoms with Crippen molar-refractivity contribution < 1.29 is 0 Å². The number of nitrogen functional groups attached to an aromatic ring is 1. The quantitative estimate of drug-likeness (QED) is 0.746. The highest BCUT2D eigenvalue weighted by molar-refractivity contribution is 7.16. The van der Waals surface area contributed by atoms with E-state index in [1.165, 1.54) is 11.1 Å². The minimum absolute atomic E-state index is 0.294. The van der Waals surface area contributed by atoms with Crippen molar-refractivity contribution in [1.82, 2.24) is 9.97 Å². The van der Waals surface area contributed by atoms with E-state index in [9.17, 15) is 0 Å². The second-order valence-electron chi connectivity index (χ2n) is 4.44. The van der Waals surface area contributed by atoms with E-state index in [0.717, 1.165) is 21.7 Å². The molecule has 0 saturated heterocycles. The molecule has 0 amide bonds. The number of thiophene rings is 1. The van der Waals surface area contributed by atoms with Gasteiger partial charge in [0.1, 0.15) is 10.6 Å². The molecule has 0 atom stereocenters. The number of nitrogens with two attached hydrogens (primary N) is 1. The number of aryl methyl sites for hydroxylation is 1. The van der Waals surface area contributed by atoms with Crippen LogP contribution in [0.4, 0.5) is 17.5 Å². The van der Waals surface area contributed by atoms with Crippen molar-refractivity contribution in [2.75, 3.05) is 11.1 Å². The average Bonchev–Trinajstić information content (AvgIpc) is 2.83. The fourth-order valence-corrected chi connectivity index (χ4v) is 2.75. The van der Waals surface area contributed by atoms with Crippen LogP contribution in [-0.4, -0.2) is 9.97 Å². The number of nitrogens with zero attached hydrogens (tertiary/aromatic N) is 2. The van der Waals surface area contributed by atoms with Crippen LogP contribution >= 0.6 is 11.3 Å². The first-order chi connectivity index (χ1) is 9.15. The number of rotatable bonds is 2. The van der Waals surface area contributed by atoms with Gasteiger partial charge >= 0.3 is 0 Å². The zero-order valence-electron chi connectivity index (χ0n) is 10.8. The molecule has 2 heterocycles. The van der Waals surface area contributed by atoms with Crippen LogP contribution in [0.5, 0.6) is 0 Å². The minimum Gasteiger partial charge on any atom is -0.368 e. The van der Waals surface area contributed by atoms with Crippen molar-refractivity contribution >= 4 is 39.0 Å². The predicted molar refractivity (Wildman–Crippen MR) is 81.0 cm³/mol. The number of aromatic nitrogens is 2. The van der Waals surface area contributed by atoms with Gasteiger partial charge in [-0.3, -0.25) is 0 Å². The molecule has 1 aromatic carbocycles. The van der Waals surface area contributed by atoms with E-state index in [-0.39, 0.29) is 0 Å². The Morgan fingerprint density at radius 3 is 2.84 bits per heavy atom. The summed E-state index contributed by atoms with van der Waals surface area (Å²) in [5.74, 6) is 1.06. The molecule has 4 nitrogen and oxygen atoms in total. The lowest BCUT2D eigenvalue weighted by molar-refractivity contribution is 1.24. The first-order valence-electron chi connectivity index (χ1n) is 5.99. The monoisotopic (exact) mass is 270 g/mol. The third-order valence-corrected chi connectivity index (χ3v) is 4.01. The molecule has 2 aromatic heterocycles. The minimum atomic E-state index is 0.294. The highest BCUT2D eigenvalue weighted by Gasteiger charge is 2.09. The fraction of sp³-hybridized carbons (Fsp3) is 0.143. The van der Waals surface area contributed by atoms with Crippen LogP contribution in [0.15, 0.2) is 29.6 Å². The van der Waals surface area contributed by atoms with Crippen LogP contribution < -0.4 is 11.1 Å². The molecule has 0 radical (unpaired) electrons. The van der Waals surface area contributed by atoms with Crippen LogP contribution in [0.3, 0.4) is 0 Å². The molecule has 3 rings (SSSR count). The van der Waals surface area contributed by atoms with Gasteiger partial charge in [-0.05, 0) is 42.5 Å². The second kappa shape index (κ2) is 4.51. The van der Waals surface area contributed by atoms with E-state index in [2.05, 4.69) is 35.2 Å². The molecule has 0 fully saturated rings. The topological polar surface area (TPSA) is 63.8 Å². The van der Waals surface area contributed by atoms with Gasteiger partial charge in [-0.25, -0.2) is 4.98 Å². The maximum Gasteiger partial charge on any atom is 0.223 e. The molecular weight excluding hydrogens is 256 g/mol. The van der Waals surface area contributed by atoms with Crippen LogP contribution in [-0.2, 0) is 0 Å². The molecule has 96 valence electrons. The third kappa shape index (κ3) is 2.13. The van der Waals surface area contributed by atoms with Gasteiger partial charge in [0.15, 0.2) is 0 Å². The number of hydrogen-bond acceptors (Lipinski definition) is 5. The van der Waals surface area contributed by atoms with Crippen molar-refractivity contribution in [2.45, 2.75) is 13.8 Å². The first-order valence-corrected chi connectivity index (χ1v) is 6.87. The van der Waals surface area contributed by atoms with E-state index in [4.69, 9.17) is 5.73 Å². The number of anilines is 3. The van der Waals surface area contributed by atoms with Gasteiger partial charge in [0, 0.05) is 5.69 Å². The molecule has 0 aliphatic rings. The van der Waals surface area contributed by atoms with Crippen molar-refractivity contribution in [3.63, 3.8) is 0 Å². The number of nitrogens with one attached hydrogen (secondary N) is 1. The van der Waals surface area contributed by atoms with Gasteiger partial charge in [-0.1, -0.05) is 12.1 Å². The van der Waals surface area contributed by atoms with Gasteiger partial charge in [0.25, 0.3) is 0 Å². The third-order valence-electron chi connectivity index (χ3n) is 3.20. The summed E-state index contributed by atoms with van der Waals surface area (Å²) in [7, 11) is 0. The molecule has 3 N–H and O–H groups in total. The number of fused-ring (bicyclic) bond motifs is 1. The molecule has 0 bridgehead atoms. The molecule has 0 aliphatic heterocycles. The largest absolute Gasteiger partial charge is 0.368 e. The molecule has 0 aliphatic carbocycles. The molecule has 5 heteroatoms. The summed E-state index contributed by atoms with van der Waals surface area (Å²) in [5.41, 5.74) is 9.25. The Morgan fingerprint density at radius 2 is 2.00 bits per heavy atom. The zero-order valence-corrected chi connectivity index (χ0v) is 11.6. The van der Waals surface area contributed by atoms with Crippen molar-refractivity contribution in [3.8, 4) is 0 Å². The van der Waals surface area contributed by atoms with Gasteiger partial charge in [0.2, 0.25) is 5.95 Å². The number of benzene rings is 1. The van der Waals surface area contributed by atoms with Crippen LogP contribution in [0, 0.1) is 13.8 Å². The summed E-state index contributed by atoms with van der Waals surface area (Å²) < 4.78 is 0. The lowest BCUT2D eigenvalue weighted by Crippen LogP contribution is -2.01. The summed E-state index contributed by atoms with van der Waals surface area (Å²) in [6, 6.07) is 8.17. The molecule has 19 heavy (non-hydrogen) atoms. The maximum absolute atomic E-state index is 5.75. The molecular formula is C14H14N4S. The molecule has 0 saturated carbocycles. The Labute approximate surface area is 115 Å². The van der Waals surface area contributed by atoms with Gasteiger partial charge in [-0.2, -0.15) is 4.98 Å². The lowest BCUT2D eigenvalue weighted by Gasteiger charge is -2.11. The highest BCUT2D eigenvalue weighted by atomic mass is 32.1. The summed E-state index contributed by atoms with van der Waals surface area (Å²) in [6.07, 6.45) is 0. The Morgan fingerprint density at radius 1 is 1.16 bits per heavy atom. The predicted octanol–water partition coefficient (Wildman–Crippen LogP) is 3.63. The Bertz CT molecular complexity index is 748. The van der Waals surface area contributed by atoms with Crippen LogP contribution in [0.2, 0.25) is 0 Å². The highest BCUT2D eigenvalue weighted by Crippen LogP contribution is 2.29. The van der Waals surface area contributed by atoms with Crippen LogP contribution in [0.25, 0.3) is 10.2 Å².